The average molecular weight is 259 g/mol. The summed E-state index contributed by atoms with van der Waals surface area (Å²) in [5, 5.41) is 7.56. The molecule has 3 nitrogen and oxygen atoms in total. The summed E-state index contributed by atoms with van der Waals surface area (Å²) < 4.78 is 4.05. The molecule has 3 unspecified atom stereocenters. The highest BCUT2D eigenvalue weighted by Gasteiger charge is 2.44. The van der Waals surface area contributed by atoms with Crippen LogP contribution in [0.25, 0.3) is 0 Å². The minimum absolute atomic E-state index is 0.398. The molecule has 18 heavy (non-hydrogen) atoms. The summed E-state index contributed by atoms with van der Waals surface area (Å²) in [5.74, 6) is 1.36. The highest BCUT2D eigenvalue weighted by molar-refractivity contribution is 7.05. The van der Waals surface area contributed by atoms with Gasteiger partial charge in [0.15, 0.2) is 0 Å². The number of aromatic nitrogens is 2. The normalized spacial score (nSPS) is 23.9. The molecular formula is C14H17N3S. The average Bonchev–Trinajstić information content (AvgIpc) is 3.08. The molecule has 1 aliphatic carbocycles. The van der Waals surface area contributed by atoms with E-state index < -0.39 is 0 Å². The highest BCUT2D eigenvalue weighted by Crippen LogP contribution is 2.54. The molecular weight excluding hydrogens is 242 g/mol. The molecule has 2 aromatic rings. The first-order valence-corrected chi connectivity index (χ1v) is 7.09. The maximum atomic E-state index is 4.12. The lowest BCUT2D eigenvalue weighted by molar-refractivity contribution is 0.523. The fourth-order valence-electron chi connectivity index (χ4n) is 2.73. The highest BCUT2D eigenvalue weighted by atomic mass is 32.1. The molecule has 0 radical (unpaired) electrons. The van der Waals surface area contributed by atoms with E-state index in [1.807, 2.05) is 14.0 Å². The van der Waals surface area contributed by atoms with E-state index >= 15 is 0 Å². The Morgan fingerprint density at radius 2 is 2.11 bits per heavy atom. The maximum absolute atomic E-state index is 4.12. The van der Waals surface area contributed by atoms with Crippen molar-refractivity contribution in [3.63, 3.8) is 0 Å². The number of benzene rings is 1. The van der Waals surface area contributed by atoms with Crippen LogP contribution < -0.4 is 5.32 Å². The van der Waals surface area contributed by atoms with Crippen LogP contribution in [0, 0.1) is 12.8 Å². The predicted molar refractivity (Wildman–Crippen MR) is 73.7 cm³/mol. The second-order valence-electron chi connectivity index (χ2n) is 4.91. The largest absolute Gasteiger partial charge is 0.312 e. The van der Waals surface area contributed by atoms with Gasteiger partial charge in [0.25, 0.3) is 0 Å². The number of aryl methyl sites for hydroxylation is 1. The van der Waals surface area contributed by atoms with Crippen molar-refractivity contribution in [2.24, 2.45) is 5.92 Å². The molecule has 1 aromatic carbocycles. The molecule has 0 spiro atoms. The summed E-state index contributed by atoms with van der Waals surface area (Å²) in [6.07, 6.45) is 1.26. The lowest BCUT2D eigenvalue weighted by Gasteiger charge is -2.14. The van der Waals surface area contributed by atoms with Crippen molar-refractivity contribution in [1.82, 2.24) is 14.9 Å². The molecule has 1 N–H and O–H groups in total. The summed E-state index contributed by atoms with van der Waals surface area (Å²) in [4.78, 5) is 1.29. The van der Waals surface area contributed by atoms with E-state index in [0.717, 1.165) is 5.69 Å². The second kappa shape index (κ2) is 4.78. The molecule has 0 saturated heterocycles. The first-order valence-electron chi connectivity index (χ1n) is 6.32. The first kappa shape index (κ1) is 11.8. The van der Waals surface area contributed by atoms with E-state index in [-0.39, 0.29) is 0 Å². The fourth-order valence-corrected chi connectivity index (χ4v) is 3.56. The molecule has 1 aliphatic rings. The topological polar surface area (TPSA) is 37.8 Å². The van der Waals surface area contributed by atoms with Crippen LogP contribution in [-0.2, 0) is 0 Å². The lowest BCUT2D eigenvalue weighted by Crippen LogP contribution is -2.18. The first-order chi connectivity index (χ1) is 8.81. The molecule has 3 rings (SSSR count). The van der Waals surface area contributed by atoms with Crippen molar-refractivity contribution < 1.29 is 0 Å². The zero-order chi connectivity index (χ0) is 12.5. The number of rotatable bonds is 4. The van der Waals surface area contributed by atoms with Crippen LogP contribution in [0.5, 0.6) is 0 Å². The van der Waals surface area contributed by atoms with Gasteiger partial charge >= 0.3 is 0 Å². The maximum Gasteiger partial charge on any atom is 0.0772 e. The van der Waals surface area contributed by atoms with Gasteiger partial charge < -0.3 is 5.32 Å². The lowest BCUT2D eigenvalue weighted by atomic mass is 10.0. The molecule has 0 aliphatic heterocycles. The van der Waals surface area contributed by atoms with Gasteiger partial charge in [-0.05, 0) is 49.3 Å². The van der Waals surface area contributed by atoms with Crippen molar-refractivity contribution in [2.75, 3.05) is 7.05 Å². The fraction of sp³-hybridized carbons (Fsp3) is 0.429. The van der Waals surface area contributed by atoms with E-state index in [1.165, 1.54) is 28.4 Å². The van der Waals surface area contributed by atoms with E-state index in [0.29, 0.717) is 17.9 Å². The third-order valence-electron chi connectivity index (χ3n) is 3.78. The standard InChI is InChI=1S/C14H17N3S/c1-9-14(18-17-16-9)13(15-2)12-8-11(12)10-6-4-3-5-7-10/h3-7,11-13,15H,8H2,1-2H3. The van der Waals surface area contributed by atoms with Crippen LogP contribution in [-0.4, -0.2) is 16.6 Å². The number of hydrogen-bond acceptors (Lipinski definition) is 4. The van der Waals surface area contributed by atoms with E-state index in [2.05, 4.69) is 45.2 Å². The van der Waals surface area contributed by atoms with Gasteiger partial charge in [0.1, 0.15) is 0 Å². The van der Waals surface area contributed by atoms with Crippen molar-refractivity contribution in [3.05, 3.63) is 46.5 Å². The SMILES string of the molecule is CNC(c1snnc1C)C1CC1c1ccccc1. The molecule has 4 heteroatoms. The van der Waals surface area contributed by atoms with Crippen LogP contribution in [0.1, 0.15) is 34.5 Å². The quantitative estimate of drug-likeness (QED) is 0.917. The molecule has 0 bridgehead atoms. The van der Waals surface area contributed by atoms with E-state index in [1.54, 1.807) is 0 Å². The van der Waals surface area contributed by atoms with Gasteiger partial charge in [-0.15, -0.1) is 5.10 Å². The van der Waals surface area contributed by atoms with Gasteiger partial charge in [-0.3, -0.25) is 0 Å². The second-order valence-corrected chi connectivity index (χ2v) is 5.69. The molecule has 1 saturated carbocycles. The summed E-state index contributed by atoms with van der Waals surface area (Å²) >= 11 is 1.52. The zero-order valence-corrected chi connectivity index (χ0v) is 11.4. The number of hydrogen-bond donors (Lipinski definition) is 1. The minimum atomic E-state index is 0.398. The minimum Gasteiger partial charge on any atom is -0.312 e. The van der Waals surface area contributed by atoms with Gasteiger partial charge in [-0.2, -0.15) is 0 Å². The number of nitrogens with zero attached hydrogens (tertiary/aromatic N) is 2. The van der Waals surface area contributed by atoms with Crippen LogP contribution in [0.15, 0.2) is 30.3 Å². The smallest absolute Gasteiger partial charge is 0.0772 e. The Morgan fingerprint density at radius 3 is 2.72 bits per heavy atom. The molecule has 1 heterocycles. The van der Waals surface area contributed by atoms with Gasteiger partial charge in [-0.1, -0.05) is 34.8 Å². The van der Waals surface area contributed by atoms with Crippen molar-refractivity contribution in [1.29, 1.82) is 0 Å². The van der Waals surface area contributed by atoms with Crippen LogP contribution >= 0.6 is 11.5 Å². The summed E-state index contributed by atoms with van der Waals surface area (Å²) in [7, 11) is 2.03. The summed E-state index contributed by atoms with van der Waals surface area (Å²) in [5.41, 5.74) is 2.52. The summed E-state index contributed by atoms with van der Waals surface area (Å²) in [6.45, 7) is 2.04. The van der Waals surface area contributed by atoms with Crippen LogP contribution in [0.2, 0.25) is 0 Å². The third-order valence-corrected chi connectivity index (χ3v) is 4.69. The van der Waals surface area contributed by atoms with Gasteiger partial charge in [0.2, 0.25) is 0 Å². The molecule has 1 aromatic heterocycles. The Hall–Kier alpha value is -1.26. The van der Waals surface area contributed by atoms with Gasteiger partial charge in [0, 0.05) is 6.04 Å². The Labute approximate surface area is 111 Å². The Bertz CT molecular complexity index is 523. The number of nitrogens with one attached hydrogen (secondary N) is 1. The predicted octanol–water partition coefficient (Wildman–Crippen LogP) is 2.91. The molecule has 1 fully saturated rings. The van der Waals surface area contributed by atoms with Crippen molar-refractivity contribution >= 4 is 11.5 Å². The van der Waals surface area contributed by atoms with Crippen LogP contribution in [0.4, 0.5) is 0 Å². The van der Waals surface area contributed by atoms with Gasteiger partial charge in [-0.25, -0.2) is 0 Å². The van der Waals surface area contributed by atoms with Gasteiger partial charge in [0.05, 0.1) is 10.6 Å². The third kappa shape index (κ3) is 2.06. The molecule has 3 atom stereocenters. The Kier molecular flexibility index (Phi) is 3.14. The van der Waals surface area contributed by atoms with E-state index in [9.17, 15) is 0 Å². The van der Waals surface area contributed by atoms with Crippen molar-refractivity contribution in [2.45, 2.75) is 25.3 Å². The molecule has 0 amide bonds. The van der Waals surface area contributed by atoms with E-state index in [4.69, 9.17) is 0 Å². The Morgan fingerprint density at radius 1 is 1.33 bits per heavy atom. The summed E-state index contributed by atoms with van der Waals surface area (Å²) in [6, 6.07) is 11.2. The Balaban J connectivity index is 1.79. The monoisotopic (exact) mass is 259 g/mol. The molecule has 94 valence electrons. The van der Waals surface area contributed by atoms with Crippen molar-refractivity contribution in [3.8, 4) is 0 Å². The zero-order valence-electron chi connectivity index (χ0n) is 10.6. The van der Waals surface area contributed by atoms with Crippen LogP contribution in [0.3, 0.4) is 0 Å².